The van der Waals surface area contributed by atoms with Gasteiger partial charge in [0.2, 0.25) is 0 Å². The van der Waals surface area contributed by atoms with Crippen molar-refractivity contribution in [2.75, 3.05) is 16.8 Å². The fourth-order valence-electron chi connectivity index (χ4n) is 4.58. The van der Waals surface area contributed by atoms with E-state index in [2.05, 4.69) is 63.6 Å². The van der Waals surface area contributed by atoms with Gasteiger partial charge in [0, 0.05) is 38.1 Å². The Labute approximate surface area is 274 Å². The molecule has 0 spiro atoms. The molecule has 1 aliphatic rings. The van der Waals surface area contributed by atoms with E-state index in [1.165, 1.54) is 0 Å². The predicted octanol–water partition coefficient (Wildman–Crippen LogP) is 8.97. The van der Waals surface area contributed by atoms with E-state index in [1.54, 1.807) is 12.4 Å². The van der Waals surface area contributed by atoms with Gasteiger partial charge in [-0.05, 0) is 55.2 Å². The molecule has 9 heteroatoms. The number of furan rings is 1. The molecule has 0 bridgehead atoms. The van der Waals surface area contributed by atoms with Crippen molar-refractivity contribution in [3.8, 4) is 0 Å². The summed E-state index contributed by atoms with van der Waals surface area (Å²) in [5.41, 5.74) is 2.32. The fourth-order valence-corrected chi connectivity index (χ4v) is 4.58. The van der Waals surface area contributed by atoms with E-state index in [1.807, 2.05) is 108 Å². The molecule has 0 saturated carbocycles. The molecule has 1 radical (unpaired) electrons. The summed E-state index contributed by atoms with van der Waals surface area (Å²) in [6.45, 7) is 14.5. The monoisotopic (exact) mass is 766 g/mol. The number of pyridine rings is 2. The van der Waals surface area contributed by atoms with Crippen LogP contribution in [0.3, 0.4) is 0 Å². The maximum absolute atomic E-state index is 5.88. The van der Waals surface area contributed by atoms with E-state index >= 15 is 0 Å². The minimum absolute atomic E-state index is 0. The number of hydrogen-bond donors (Lipinski definition) is 0. The topological polar surface area (TPSA) is 76.8 Å². The molecule has 0 unspecified atom stereocenters. The summed E-state index contributed by atoms with van der Waals surface area (Å²) >= 11 is 0. The van der Waals surface area contributed by atoms with Crippen molar-refractivity contribution in [3.05, 3.63) is 121 Å². The molecular weight excluding hydrogens is 727 g/mol. The molecule has 3 aromatic heterocycles. The van der Waals surface area contributed by atoms with Crippen LogP contribution in [-0.4, -0.2) is 39.3 Å². The number of rotatable bonds is 6. The van der Waals surface area contributed by atoms with Crippen molar-refractivity contribution in [2.24, 2.45) is 0 Å². The van der Waals surface area contributed by atoms with Crippen LogP contribution in [0.25, 0.3) is 32.6 Å². The third kappa shape index (κ3) is 8.45. The Hall–Kier alpha value is -3.75. The second kappa shape index (κ2) is 13.9. The van der Waals surface area contributed by atoms with E-state index in [9.17, 15) is 0 Å². The molecule has 6 rings (SSSR count). The molecule has 0 amide bonds. The van der Waals surface area contributed by atoms with Gasteiger partial charge < -0.3 is 29.8 Å². The Morgan fingerprint density at radius 2 is 1.39 bits per heavy atom. The van der Waals surface area contributed by atoms with Gasteiger partial charge >= 0.3 is 0 Å². The summed E-state index contributed by atoms with van der Waals surface area (Å²) < 4.78 is 5.88. The van der Waals surface area contributed by atoms with Crippen molar-refractivity contribution in [1.29, 1.82) is 0 Å². The second-order valence-corrected chi connectivity index (χ2v) is 12.4. The molecule has 5 aromatic rings. The number of fused-ring (bicyclic) bond motifs is 3. The number of aromatic nitrogens is 2. The summed E-state index contributed by atoms with van der Waals surface area (Å²) in [7, 11) is 2.00. The van der Waals surface area contributed by atoms with Gasteiger partial charge in [-0.15, -0.1) is 22.8 Å². The Kier molecular flexibility index (Phi) is 10.5. The quantitative estimate of drug-likeness (QED) is 0.161. The minimum atomic E-state index is -0.408. The van der Waals surface area contributed by atoms with Gasteiger partial charge in [-0.2, -0.15) is 25.1 Å². The van der Waals surface area contributed by atoms with Gasteiger partial charge in [0.05, 0.1) is 0 Å². The maximum atomic E-state index is 5.88. The molecule has 233 valence electrons. The molecule has 0 fully saturated rings. The van der Waals surface area contributed by atoms with Crippen molar-refractivity contribution in [3.63, 3.8) is 0 Å². The number of benzene rings is 2. The second-order valence-electron chi connectivity index (χ2n) is 12.4. The number of anilines is 3. The molecule has 0 saturated heterocycles. The van der Waals surface area contributed by atoms with Crippen LogP contribution in [0, 0.1) is 12.7 Å². The third-order valence-corrected chi connectivity index (χ3v) is 6.37. The largest absolute Gasteiger partial charge is 0.656 e. The van der Waals surface area contributed by atoms with Crippen LogP contribution in [0.15, 0.2) is 102 Å². The Bertz CT molecular complexity index is 1600. The fraction of sp³-hybridized carbons (Fsp3) is 0.286. The Balaban J connectivity index is 0.000000200. The maximum Gasteiger partial charge on any atom is 0.131 e. The molecule has 44 heavy (non-hydrogen) atoms. The van der Waals surface area contributed by atoms with Crippen molar-refractivity contribution < 1.29 is 24.5 Å². The van der Waals surface area contributed by atoms with Crippen LogP contribution in [0.1, 0.15) is 41.5 Å². The SMILES string of the molecule is CC(C)(C)[N-]C([N-]C(C)(C)C)N(c1ccccn1)c1ccccn1.CN1C=CN(c2[c-]cc3c(c2)oc2ccccc23)[CH-]1.[Ir]. The molecule has 0 atom stereocenters. The van der Waals surface area contributed by atoms with E-state index in [0.717, 1.165) is 39.3 Å². The Morgan fingerprint density at radius 3 is 1.91 bits per heavy atom. The molecule has 0 N–H and O–H groups in total. The first-order chi connectivity index (χ1) is 20.5. The summed E-state index contributed by atoms with van der Waals surface area (Å²) in [6.07, 6.45) is 7.14. The third-order valence-electron chi connectivity index (χ3n) is 6.37. The standard InChI is InChI=1S/C19H27N5.C16H12N2O.Ir/c1-18(2,3)22-17(23-19(4,5)6)24(15-11-7-9-13-20-15)16-12-8-10-14-21-16;1-17-8-9-18(11-17)12-6-7-14-13-4-2-3-5-15(13)19-16(14)10-12;/h7-14,17H,1-6H3;2-5,7-11H,1H3;/q2*-2;. The first-order valence-corrected chi connectivity index (χ1v) is 14.4. The van der Waals surface area contributed by atoms with Gasteiger partial charge in [0.25, 0.3) is 0 Å². The van der Waals surface area contributed by atoms with E-state index < -0.39 is 6.29 Å². The molecule has 4 heterocycles. The van der Waals surface area contributed by atoms with Crippen LogP contribution >= 0.6 is 0 Å². The van der Waals surface area contributed by atoms with Crippen LogP contribution < -0.4 is 9.80 Å². The first-order valence-electron chi connectivity index (χ1n) is 14.4. The predicted molar refractivity (Wildman–Crippen MR) is 177 cm³/mol. The van der Waals surface area contributed by atoms with Crippen molar-refractivity contribution >= 4 is 39.3 Å². The number of hydrogen-bond acceptors (Lipinski definition) is 6. The zero-order chi connectivity index (χ0) is 30.6. The van der Waals surface area contributed by atoms with Crippen LogP contribution in [0.5, 0.6) is 0 Å². The average Bonchev–Trinajstić information content (AvgIpc) is 3.56. The van der Waals surface area contributed by atoms with E-state index in [0.29, 0.717) is 0 Å². The van der Waals surface area contributed by atoms with Gasteiger partial charge in [0.15, 0.2) is 0 Å². The van der Waals surface area contributed by atoms with Crippen LogP contribution in [-0.2, 0) is 20.1 Å². The first kappa shape index (κ1) is 33.1. The zero-order valence-corrected chi connectivity index (χ0v) is 28.7. The van der Waals surface area contributed by atoms with E-state index in [-0.39, 0.29) is 31.2 Å². The van der Waals surface area contributed by atoms with Gasteiger partial charge in [-0.1, -0.05) is 77.3 Å². The Morgan fingerprint density at radius 1 is 0.795 bits per heavy atom. The van der Waals surface area contributed by atoms with Gasteiger partial charge in [-0.25, -0.2) is 9.97 Å². The summed E-state index contributed by atoms with van der Waals surface area (Å²) in [4.78, 5) is 15.0. The summed E-state index contributed by atoms with van der Waals surface area (Å²) in [6, 6.07) is 27.0. The molecular formula is C35H39IrN7O-4. The molecule has 8 nitrogen and oxygen atoms in total. The smallest absolute Gasteiger partial charge is 0.131 e. The number of nitrogens with zero attached hydrogens (tertiary/aromatic N) is 7. The van der Waals surface area contributed by atoms with Gasteiger partial charge in [-0.3, -0.25) is 0 Å². The van der Waals surface area contributed by atoms with Crippen molar-refractivity contribution in [2.45, 2.75) is 58.9 Å². The van der Waals surface area contributed by atoms with Crippen molar-refractivity contribution in [1.82, 2.24) is 14.9 Å². The minimum Gasteiger partial charge on any atom is -0.656 e. The van der Waals surface area contributed by atoms with Crippen LogP contribution in [0.2, 0.25) is 0 Å². The molecule has 0 aliphatic carbocycles. The van der Waals surface area contributed by atoms with Gasteiger partial charge in [0.1, 0.15) is 17.2 Å². The number of para-hydroxylation sites is 1. The summed E-state index contributed by atoms with van der Waals surface area (Å²) in [5, 5.41) is 12.1. The zero-order valence-electron chi connectivity index (χ0n) is 26.3. The molecule has 2 aromatic carbocycles. The average molecular weight is 766 g/mol. The summed E-state index contributed by atoms with van der Waals surface area (Å²) in [5.74, 6) is 1.56. The normalized spacial score (nSPS) is 13.3. The molecule has 1 aliphatic heterocycles. The van der Waals surface area contributed by atoms with Crippen LogP contribution in [0.4, 0.5) is 17.3 Å². The van der Waals surface area contributed by atoms with E-state index in [4.69, 9.17) is 15.1 Å².